The number of aliphatic hydroxyl groups excluding tert-OH is 1. The fourth-order valence-electron chi connectivity index (χ4n) is 2.89. The number of carboxylic acids is 1. The summed E-state index contributed by atoms with van der Waals surface area (Å²) in [6.07, 6.45) is 1.85. The number of hydrogen-bond donors (Lipinski definition) is 4. The number of aliphatic hydroxyl groups is 1. The molecule has 3 heterocycles. The third kappa shape index (κ3) is 3.65. The van der Waals surface area contributed by atoms with E-state index < -0.39 is 29.9 Å². The second-order valence-electron chi connectivity index (χ2n) is 6.07. The van der Waals surface area contributed by atoms with Crippen molar-refractivity contribution in [2.45, 2.75) is 42.9 Å². The number of hydrogen-bond acceptors (Lipinski definition) is 10. The first-order valence-corrected chi connectivity index (χ1v) is 8.99. The molecule has 0 aliphatic carbocycles. The van der Waals surface area contributed by atoms with Crippen molar-refractivity contribution in [3.8, 4) is 0 Å². The van der Waals surface area contributed by atoms with Gasteiger partial charge in [0.15, 0.2) is 5.66 Å². The molecule has 11 heteroatoms. The van der Waals surface area contributed by atoms with Gasteiger partial charge in [-0.25, -0.2) is 9.98 Å². The summed E-state index contributed by atoms with van der Waals surface area (Å²) in [6.45, 7) is 0. The normalized spacial score (nSPS) is 34.6. The molecule has 0 amide bonds. The number of carbonyl (C=O) groups is 1. The molecule has 3 aliphatic heterocycles. The lowest BCUT2D eigenvalue weighted by Crippen LogP contribution is -2.61. The van der Waals surface area contributed by atoms with Gasteiger partial charge in [0.2, 0.25) is 0 Å². The molecule has 25 heavy (non-hydrogen) atoms. The zero-order chi connectivity index (χ0) is 18.0. The average molecular weight is 368 g/mol. The Morgan fingerprint density at radius 3 is 3.12 bits per heavy atom. The maximum atomic E-state index is 10.7. The van der Waals surface area contributed by atoms with Crippen LogP contribution in [0, 0.1) is 0 Å². The van der Waals surface area contributed by atoms with Crippen molar-refractivity contribution >= 4 is 41.7 Å². The first kappa shape index (κ1) is 18.1. The summed E-state index contributed by atoms with van der Waals surface area (Å²) in [5, 5.41) is 26.9. The van der Waals surface area contributed by atoms with Gasteiger partial charge >= 0.3 is 5.97 Å². The number of fused-ring (bicyclic) bond motifs is 1. The van der Waals surface area contributed by atoms with Crippen LogP contribution in [-0.2, 0) is 9.53 Å². The largest absolute Gasteiger partial charge is 0.480 e. The number of ether oxygens (including phenoxy) is 1. The lowest BCUT2D eigenvalue weighted by atomic mass is 9.91. The van der Waals surface area contributed by atoms with Gasteiger partial charge in [0.25, 0.3) is 0 Å². The second-order valence-corrected chi connectivity index (χ2v) is 7.22. The Kier molecular flexibility index (Phi) is 5.29. The summed E-state index contributed by atoms with van der Waals surface area (Å²) in [7, 11) is 0. The fraction of sp³-hybridized carbons (Fsp3) is 0.643. The van der Waals surface area contributed by atoms with E-state index in [9.17, 15) is 9.90 Å². The number of aliphatic carboxylic acids is 1. The van der Waals surface area contributed by atoms with Crippen LogP contribution in [0.4, 0.5) is 0 Å². The Morgan fingerprint density at radius 2 is 2.36 bits per heavy atom. The average Bonchev–Trinajstić information content (AvgIpc) is 3.19. The third-order valence-electron chi connectivity index (χ3n) is 4.25. The van der Waals surface area contributed by atoms with E-state index in [4.69, 9.17) is 21.3 Å². The predicted molar refractivity (Wildman–Crippen MR) is 95.6 cm³/mol. The lowest BCUT2D eigenvalue weighted by Gasteiger charge is -2.33. The zero-order valence-corrected chi connectivity index (χ0v) is 14.2. The SMILES string of the molecule is N[C@@H](CCSC[C@@H]1C[C@@H](O)[C@H](C2(N)N=CN=C3C=NN=C32)O1)C(=O)O. The van der Waals surface area contributed by atoms with Crippen LogP contribution in [0.2, 0.25) is 0 Å². The summed E-state index contributed by atoms with van der Waals surface area (Å²) < 4.78 is 5.93. The van der Waals surface area contributed by atoms with E-state index in [2.05, 4.69) is 20.2 Å². The third-order valence-corrected chi connectivity index (χ3v) is 5.38. The zero-order valence-electron chi connectivity index (χ0n) is 13.4. The highest BCUT2D eigenvalue weighted by atomic mass is 32.2. The van der Waals surface area contributed by atoms with Gasteiger partial charge in [0.1, 0.15) is 29.9 Å². The Hall–Kier alpha value is -1.66. The summed E-state index contributed by atoms with van der Waals surface area (Å²) in [6, 6.07) is -0.864. The molecule has 0 saturated carbocycles. The molecular formula is C14H20N6O4S. The van der Waals surface area contributed by atoms with E-state index in [1.54, 1.807) is 0 Å². The molecule has 0 radical (unpaired) electrons. The van der Waals surface area contributed by atoms with Gasteiger partial charge < -0.3 is 20.7 Å². The molecule has 10 nitrogen and oxygen atoms in total. The molecule has 6 N–H and O–H groups in total. The van der Waals surface area contributed by atoms with Crippen LogP contribution in [0.25, 0.3) is 0 Å². The number of aliphatic imine (C=N–C) groups is 2. The molecule has 1 fully saturated rings. The molecule has 0 bridgehead atoms. The first-order valence-electron chi connectivity index (χ1n) is 7.83. The van der Waals surface area contributed by atoms with Crippen molar-refractivity contribution < 1.29 is 19.7 Å². The molecular weight excluding hydrogens is 348 g/mol. The predicted octanol–water partition coefficient (Wildman–Crippen LogP) is -1.38. The second kappa shape index (κ2) is 7.30. The summed E-state index contributed by atoms with van der Waals surface area (Å²) in [5.74, 6) is 0.187. The van der Waals surface area contributed by atoms with Crippen LogP contribution in [0.15, 0.2) is 20.2 Å². The maximum absolute atomic E-state index is 10.7. The first-order chi connectivity index (χ1) is 11.9. The number of nitrogens with two attached hydrogens (primary N) is 2. The van der Waals surface area contributed by atoms with Crippen LogP contribution < -0.4 is 11.5 Å². The van der Waals surface area contributed by atoms with E-state index in [0.29, 0.717) is 35.8 Å². The van der Waals surface area contributed by atoms with E-state index in [1.165, 1.54) is 24.3 Å². The van der Waals surface area contributed by atoms with Gasteiger partial charge in [-0.05, 0) is 12.2 Å². The van der Waals surface area contributed by atoms with Crippen molar-refractivity contribution in [1.29, 1.82) is 0 Å². The van der Waals surface area contributed by atoms with Gasteiger partial charge in [-0.2, -0.15) is 16.9 Å². The molecule has 3 rings (SSSR count). The molecule has 0 aromatic heterocycles. The number of carboxylic acid groups (broad SMARTS) is 1. The highest BCUT2D eigenvalue weighted by Crippen LogP contribution is 2.32. The van der Waals surface area contributed by atoms with E-state index in [-0.39, 0.29) is 6.10 Å². The van der Waals surface area contributed by atoms with Crippen molar-refractivity contribution in [1.82, 2.24) is 0 Å². The van der Waals surface area contributed by atoms with E-state index in [0.717, 1.165) is 0 Å². The van der Waals surface area contributed by atoms with Crippen molar-refractivity contribution in [2.75, 3.05) is 11.5 Å². The molecule has 0 aromatic carbocycles. The Bertz CT molecular complexity index is 666. The molecule has 5 atom stereocenters. The minimum absolute atomic E-state index is 0.216. The van der Waals surface area contributed by atoms with E-state index >= 15 is 0 Å². The van der Waals surface area contributed by atoms with Crippen molar-refractivity contribution in [3.05, 3.63) is 0 Å². The summed E-state index contributed by atoms with van der Waals surface area (Å²) >= 11 is 1.53. The number of thioether (sulfide) groups is 1. The molecule has 0 aromatic rings. The van der Waals surface area contributed by atoms with Crippen molar-refractivity contribution in [3.63, 3.8) is 0 Å². The standard InChI is InChI=1S/C14H20N6O4S/c15-8(13(22)23)1-2-25-5-7-3-10(21)12(24-7)14(16)11-9(4-19-20-11)17-6-18-14/h4,6-8,10,12,21H,1-3,5,15-16H2,(H,22,23)/t7-,8-,10+,12+,14?/m0/s1. The van der Waals surface area contributed by atoms with Gasteiger partial charge in [-0.3, -0.25) is 10.5 Å². The molecule has 136 valence electrons. The molecule has 1 unspecified atom stereocenters. The van der Waals surface area contributed by atoms with Crippen molar-refractivity contribution in [2.24, 2.45) is 31.7 Å². The van der Waals surface area contributed by atoms with Crippen LogP contribution in [0.5, 0.6) is 0 Å². The quantitative estimate of drug-likeness (QED) is 0.401. The monoisotopic (exact) mass is 368 g/mol. The number of nitrogens with zero attached hydrogens (tertiary/aromatic N) is 4. The lowest BCUT2D eigenvalue weighted by molar-refractivity contribution is -0.138. The van der Waals surface area contributed by atoms with Gasteiger partial charge in [-0.15, -0.1) is 5.10 Å². The smallest absolute Gasteiger partial charge is 0.320 e. The summed E-state index contributed by atoms with van der Waals surface area (Å²) in [5.41, 5.74) is 11.4. The minimum atomic E-state index is -1.32. The van der Waals surface area contributed by atoms with Crippen LogP contribution >= 0.6 is 11.8 Å². The fourth-order valence-corrected chi connectivity index (χ4v) is 3.95. The molecule has 1 saturated heterocycles. The Morgan fingerprint density at radius 1 is 1.56 bits per heavy atom. The molecule has 0 spiro atoms. The minimum Gasteiger partial charge on any atom is -0.480 e. The summed E-state index contributed by atoms with van der Waals surface area (Å²) in [4.78, 5) is 18.9. The van der Waals surface area contributed by atoms with Crippen LogP contribution in [-0.4, -0.2) is 81.7 Å². The highest BCUT2D eigenvalue weighted by Gasteiger charge is 2.52. The highest BCUT2D eigenvalue weighted by molar-refractivity contribution is 7.99. The Balaban J connectivity index is 1.55. The topological polar surface area (TPSA) is 168 Å². The number of rotatable bonds is 7. The van der Waals surface area contributed by atoms with Gasteiger partial charge in [0, 0.05) is 12.2 Å². The van der Waals surface area contributed by atoms with Crippen LogP contribution in [0.1, 0.15) is 12.8 Å². The van der Waals surface area contributed by atoms with Crippen LogP contribution in [0.3, 0.4) is 0 Å². The van der Waals surface area contributed by atoms with E-state index in [1.807, 2.05) is 0 Å². The van der Waals surface area contributed by atoms with Gasteiger partial charge in [-0.1, -0.05) is 0 Å². The molecule has 3 aliphatic rings. The Labute approximate surface area is 148 Å². The maximum Gasteiger partial charge on any atom is 0.320 e. The van der Waals surface area contributed by atoms with Gasteiger partial charge in [0.05, 0.1) is 18.4 Å².